The van der Waals surface area contributed by atoms with E-state index in [1.807, 2.05) is 0 Å². The van der Waals surface area contributed by atoms with Crippen LogP contribution in [-0.2, 0) is 9.53 Å². The number of carbonyl (C=O) groups is 1. The van der Waals surface area contributed by atoms with E-state index in [0.717, 1.165) is 24.4 Å². The summed E-state index contributed by atoms with van der Waals surface area (Å²) in [6, 6.07) is 4.40. The molecule has 0 saturated carbocycles. The molecule has 0 aliphatic carbocycles. The zero-order valence-electron chi connectivity index (χ0n) is 9.54. The van der Waals surface area contributed by atoms with E-state index in [-0.39, 0.29) is 17.9 Å². The molecule has 0 aliphatic heterocycles. The van der Waals surface area contributed by atoms with E-state index < -0.39 is 17.6 Å². The second-order valence-electron chi connectivity index (χ2n) is 3.16. The van der Waals surface area contributed by atoms with Crippen molar-refractivity contribution < 1.29 is 18.3 Å². The van der Waals surface area contributed by atoms with Crippen LogP contribution in [0, 0.1) is 23.0 Å². The Morgan fingerprint density at radius 1 is 1.56 bits per heavy atom. The van der Waals surface area contributed by atoms with Crippen molar-refractivity contribution in [1.82, 2.24) is 0 Å². The Morgan fingerprint density at radius 3 is 2.89 bits per heavy atom. The molecule has 0 aliphatic rings. The molecular weight excluding hydrogens is 242 g/mol. The Bertz CT molecular complexity index is 521. The molecule has 0 saturated heterocycles. The molecule has 1 N–H and O–H groups in total. The van der Waals surface area contributed by atoms with Crippen molar-refractivity contribution in [3.63, 3.8) is 0 Å². The van der Waals surface area contributed by atoms with Crippen molar-refractivity contribution in [2.24, 2.45) is 0 Å². The maximum Gasteiger partial charge on any atom is 0.350 e. The Balaban J connectivity index is 2.87. The standard InChI is InChI=1S/C12H10F2N2O2/c1-2-18-12(17)8(6-15)7-16-11-5-9(13)3-4-10(11)14/h3-5,7,16H,2H2,1H3. The van der Waals surface area contributed by atoms with Gasteiger partial charge >= 0.3 is 5.97 Å². The third-order valence-corrected chi connectivity index (χ3v) is 1.92. The summed E-state index contributed by atoms with van der Waals surface area (Å²) >= 11 is 0. The van der Waals surface area contributed by atoms with E-state index in [4.69, 9.17) is 5.26 Å². The van der Waals surface area contributed by atoms with Crippen molar-refractivity contribution in [3.05, 3.63) is 41.6 Å². The van der Waals surface area contributed by atoms with Gasteiger partial charge in [0.25, 0.3) is 0 Å². The van der Waals surface area contributed by atoms with Gasteiger partial charge in [0.1, 0.15) is 17.7 Å². The first-order valence-corrected chi connectivity index (χ1v) is 5.07. The minimum absolute atomic E-state index is 0.117. The molecule has 0 amide bonds. The van der Waals surface area contributed by atoms with Gasteiger partial charge in [-0.2, -0.15) is 5.26 Å². The normalized spacial score (nSPS) is 10.7. The molecule has 0 fully saturated rings. The first kappa shape index (κ1) is 13.6. The summed E-state index contributed by atoms with van der Waals surface area (Å²) in [6.07, 6.45) is 0.968. The lowest BCUT2D eigenvalue weighted by molar-refractivity contribution is -0.138. The molecule has 0 heterocycles. The summed E-state index contributed by atoms with van der Waals surface area (Å²) < 4.78 is 30.7. The molecule has 0 radical (unpaired) electrons. The van der Waals surface area contributed by atoms with Crippen LogP contribution in [0.5, 0.6) is 0 Å². The van der Waals surface area contributed by atoms with Crippen molar-refractivity contribution in [2.75, 3.05) is 11.9 Å². The van der Waals surface area contributed by atoms with Gasteiger partial charge in [-0.1, -0.05) is 0 Å². The second-order valence-corrected chi connectivity index (χ2v) is 3.16. The monoisotopic (exact) mass is 252 g/mol. The number of ether oxygens (including phenoxy) is 1. The van der Waals surface area contributed by atoms with Gasteiger partial charge < -0.3 is 10.1 Å². The van der Waals surface area contributed by atoms with E-state index in [2.05, 4.69) is 10.1 Å². The van der Waals surface area contributed by atoms with Crippen molar-refractivity contribution in [2.45, 2.75) is 6.92 Å². The number of hydrogen-bond donors (Lipinski definition) is 1. The van der Waals surface area contributed by atoms with Gasteiger partial charge in [-0.3, -0.25) is 0 Å². The van der Waals surface area contributed by atoms with Gasteiger partial charge in [0, 0.05) is 12.3 Å². The molecule has 0 bridgehead atoms. The zero-order valence-corrected chi connectivity index (χ0v) is 9.54. The molecular formula is C12H10F2N2O2. The Kier molecular flexibility index (Phi) is 4.81. The fraction of sp³-hybridized carbons (Fsp3) is 0.167. The highest BCUT2D eigenvalue weighted by Gasteiger charge is 2.10. The van der Waals surface area contributed by atoms with Crippen LogP contribution in [0.25, 0.3) is 0 Å². The van der Waals surface area contributed by atoms with E-state index in [0.29, 0.717) is 0 Å². The predicted octanol–water partition coefficient (Wildman–Crippen LogP) is 2.35. The molecule has 0 spiro atoms. The maximum atomic E-state index is 13.2. The summed E-state index contributed by atoms with van der Waals surface area (Å²) in [5, 5.41) is 11.0. The molecule has 1 aromatic carbocycles. The average molecular weight is 252 g/mol. The Labute approximate surface area is 102 Å². The number of esters is 1. The van der Waals surface area contributed by atoms with Crippen molar-refractivity contribution >= 4 is 11.7 Å². The largest absolute Gasteiger partial charge is 0.462 e. The van der Waals surface area contributed by atoms with Crippen molar-refractivity contribution in [1.29, 1.82) is 5.26 Å². The third kappa shape index (κ3) is 3.56. The zero-order chi connectivity index (χ0) is 13.5. The Morgan fingerprint density at radius 2 is 2.28 bits per heavy atom. The van der Waals surface area contributed by atoms with Crippen LogP contribution in [0.15, 0.2) is 30.0 Å². The summed E-state index contributed by atoms with van der Waals surface area (Å²) in [5.41, 5.74) is -0.507. The number of benzene rings is 1. The lowest BCUT2D eigenvalue weighted by Crippen LogP contribution is -2.08. The molecule has 0 aromatic heterocycles. The summed E-state index contributed by atoms with van der Waals surface area (Å²) in [4.78, 5) is 11.2. The number of nitriles is 1. The lowest BCUT2D eigenvalue weighted by atomic mass is 10.3. The van der Waals surface area contributed by atoms with Gasteiger partial charge in [-0.25, -0.2) is 13.6 Å². The van der Waals surface area contributed by atoms with Gasteiger partial charge in [-0.05, 0) is 19.1 Å². The number of anilines is 1. The van der Waals surface area contributed by atoms with Crippen LogP contribution in [0.3, 0.4) is 0 Å². The predicted molar refractivity (Wildman–Crippen MR) is 60.3 cm³/mol. The topological polar surface area (TPSA) is 62.1 Å². The number of halogens is 2. The van der Waals surface area contributed by atoms with E-state index >= 15 is 0 Å². The van der Waals surface area contributed by atoms with Gasteiger partial charge in [0.05, 0.1) is 12.3 Å². The first-order chi connectivity index (χ1) is 8.58. The third-order valence-electron chi connectivity index (χ3n) is 1.92. The quantitative estimate of drug-likeness (QED) is 0.507. The summed E-state index contributed by atoms with van der Waals surface area (Å²) in [6.45, 7) is 1.71. The second kappa shape index (κ2) is 6.35. The molecule has 1 aromatic rings. The molecule has 0 unspecified atom stereocenters. The van der Waals surface area contributed by atoms with Crippen LogP contribution >= 0.6 is 0 Å². The van der Waals surface area contributed by atoms with E-state index in [9.17, 15) is 13.6 Å². The van der Waals surface area contributed by atoms with Gasteiger partial charge in [0.15, 0.2) is 5.57 Å². The molecule has 6 heteroatoms. The number of nitrogens with zero attached hydrogens (tertiary/aromatic N) is 1. The number of hydrogen-bond acceptors (Lipinski definition) is 4. The van der Waals surface area contributed by atoms with Crippen molar-refractivity contribution in [3.8, 4) is 6.07 Å². The first-order valence-electron chi connectivity index (χ1n) is 5.07. The fourth-order valence-electron chi connectivity index (χ4n) is 1.10. The average Bonchev–Trinajstić information content (AvgIpc) is 2.34. The molecule has 0 atom stereocenters. The summed E-state index contributed by atoms with van der Waals surface area (Å²) in [7, 11) is 0. The number of carbonyl (C=O) groups excluding carboxylic acids is 1. The number of nitrogens with one attached hydrogen (secondary N) is 1. The van der Waals surface area contributed by atoms with Gasteiger partial charge in [0.2, 0.25) is 0 Å². The molecule has 18 heavy (non-hydrogen) atoms. The molecule has 1 rings (SSSR count). The SMILES string of the molecule is CCOC(=O)C(C#N)=CNc1cc(F)ccc1F. The van der Waals surface area contributed by atoms with Crippen LogP contribution in [-0.4, -0.2) is 12.6 Å². The summed E-state index contributed by atoms with van der Waals surface area (Å²) in [5.74, 6) is -2.17. The van der Waals surface area contributed by atoms with Crippen LogP contribution in [0.1, 0.15) is 6.92 Å². The highest BCUT2D eigenvalue weighted by Crippen LogP contribution is 2.15. The highest BCUT2D eigenvalue weighted by molar-refractivity contribution is 5.93. The number of rotatable bonds is 4. The van der Waals surface area contributed by atoms with E-state index in [1.54, 1.807) is 13.0 Å². The maximum absolute atomic E-state index is 13.2. The Hall–Kier alpha value is -2.42. The van der Waals surface area contributed by atoms with Crippen LogP contribution in [0.2, 0.25) is 0 Å². The highest BCUT2D eigenvalue weighted by atomic mass is 19.1. The van der Waals surface area contributed by atoms with E-state index in [1.165, 1.54) is 0 Å². The van der Waals surface area contributed by atoms with Crippen LogP contribution < -0.4 is 5.32 Å². The minimum Gasteiger partial charge on any atom is -0.462 e. The lowest BCUT2D eigenvalue weighted by Gasteiger charge is -2.04. The molecule has 4 nitrogen and oxygen atoms in total. The van der Waals surface area contributed by atoms with Crippen LogP contribution in [0.4, 0.5) is 14.5 Å². The van der Waals surface area contributed by atoms with Gasteiger partial charge in [-0.15, -0.1) is 0 Å². The fourth-order valence-corrected chi connectivity index (χ4v) is 1.10. The minimum atomic E-state index is -0.829. The molecule has 94 valence electrons. The smallest absolute Gasteiger partial charge is 0.350 e.